The molecule has 36 heavy (non-hydrogen) atoms. The van der Waals surface area contributed by atoms with Crippen LogP contribution >= 0.6 is 11.6 Å². The van der Waals surface area contributed by atoms with E-state index >= 15 is 0 Å². The maximum atomic E-state index is 13.6. The molecule has 1 aromatic carbocycles. The van der Waals surface area contributed by atoms with Crippen molar-refractivity contribution in [2.75, 3.05) is 6.61 Å². The molecule has 0 fully saturated rings. The van der Waals surface area contributed by atoms with E-state index in [1.807, 2.05) is 20.0 Å². The van der Waals surface area contributed by atoms with Gasteiger partial charge >= 0.3 is 5.97 Å². The molecule has 0 spiro atoms. The number of hydrogen-bond donors (Lipinski definition) is 1. The molecule has 0 aliphatic rings. The van der Waals surface area contributed by atoms with Gasteiger partial charge in [-0.25, -0.2) is 9.50 Å². The van der Waals surface area contributed by atoms with E-state index in [-0.39, 0.29) is 17.7 Å². The lowest BCUT2D eigenvalue weighted by atomic mass is 10.0. The predicted molar refractivity (Wildman–Crippen MR) is 135 cm³/mol. The van der Waals surface area contributed by atoms with Crippen LogP contribution in [0.5, 0.6) is 5.75 Å². The predicted octanol–water partition coefficient (Wildman–Crippen LogP) is 4.04. The van der Waals surface area contributed by atoms with Gasteiger partial charge in [-0.15, -0.1) is 0 Å². The van der Waals surface area contributed by atoms with Crippen LogP contribution in [0.25, 0.3) is 16.6 Å². The SMILES string of the molecule is CCOc1c(C(C)NC(=O)c2c(CC(=O)OC(C)(C)C)nn3cccnc23)cc(Cl)c2cn(C)nc12. The molecule has 0 aliphatic heterocycles. The summed E-state index contributed by atoms with van der Waals surface area (Å²) in [6, 6.07) is 2.97. The zero-order chi connectivity index (χ0) is 26.2. The first-order chi connectivity index (χ1) is 17.0. The van der Waals surface area contributed by atoms with E-state index in [0.29, 0.717) is 34.1 Å². The molecule has 190 valence electrons. The molecule has 11 heteroatoms. The van der Waals surface area contributed by atoms with Crippen molar-refractivity contribution in [2.45, 2.75) is 52.7 Å². The second-order valence-electron chi connectivity index (χ2n) is 9.44. The first kappa shape index (κ1) is 25.4. The summed E-state index contributed by atoms with van der Waals surface area (Å²) in [7, 11) is 1.81. The summed E-state index contributed by atoms with van der Waals surface area (Å²) >= 11 is 6.54. The van der Waals surface area contributed by atoms with Gasteiger partial charge < -0.3 is 14.8 Å². The monoisotopic (exact) mass is 512 g/mol. The molecular weight excluding hydrogens is 484 g/mol. The third kappa shape index (κ3) is 5.13. The molecule has 3 heterocycles. The number of rotatable bonds is 7. The van der Waals surface area contributed by atoms with E-state index in [1.54, 1.807) is 57.0 Å². The number of aryl methyl sites for hydroxylation is 1. The van der Waals surface area contributed by atoms with Gasteiger partial charge in [0, 0.05) is 36.6 Å². The van der Waals surface area contributed by atoms with Crippen LogP contribution in [-0.2, 0) is 23.0 Å². The number of ether oxygens (including phenoxy) is 2. The van der Waals surface area contributed by atoms with Gasteiger partial charge in [0.25, 0.3) is 5.91 Å². The van der Waals surface area contributed by atoms with E-state index in [4.69, 9.17) is 21.1 Å². The quantitative estimate of drug-likeness (QED) is 0.372. The fourth-order valence-corrected chi connectivity index (χ4v) is 4.27. The molecule has 3 aromatic heterocycles. The molecule has 0 aliphatic carbocycles. The minimum Gasteiger partial charge on any atom is -0.491 e. The van der Waals surface area contributed by atoms with Crippen LogP contribution in [0.2, 0.25) is 5.02 Å². The Bertz CT molecular complexity index is 1450. The number of nitrogens with zero attached hydrogens (tertiary/aromatic N) is 5. The van der Waals surface area contributed by atoms with Gasteiger partial charge in [0.05, 0.1) is 29.8 Å². The molecule has 1 N–H and O–H groups in total. The summed E-state index contributed by atoms with van der Waals surface area (Å²) in [5, 5.41) is 13.2. The van der Waals surface area contributed by atoms with Crippen molar-refractivity contribution in [3.8, 4) is 5.75 Å². The largest absolute Gasteiger partial charge is 0.491 e. The maximum Gasteiger partial charge on any atom is 0.312 e. The lowest BCUT2D eigenvalue weighted by Crippen LogP contribution is -2.29. The molecule has 4 aromatic rings. The zero-order valence-electron chi connectivity index (χ0n) is 21.1. The number of halogens is 1. The minimum atomic E-state index is -0.662. The van der Waals surface area contributed by atoms with Gasteiger partial charge in [0.1, 0.15) is 16.7 Å². The van der Waals surface area contributed by atoms with E-state index in [2.05, 4.69) is 20.5 Å². The van der Waals surface area contributed by atoms with Crippen molar-refractivity contribution >= 4 is 40.0 Å². The van der Waals surface area contributed by atoms with Gasteiger partial charge in [-0.2, -0.15) is 10.2 Å². The number of fused-ring (bicyclic) bond motifs is 2. The number of carbonyl (C=O) groups is 2. The number of esters is 1. The van der Waals surface area contributed by atoms with Gasteiger partial charge in [-0.3, -0.25) is 14.3 Å². The Hall–Kier alpha value is -3.66. The molecule has 1 amide bonds. The number of carbonyl (C=O) groups excluding carboxylic acids is 2. The number of nitrogens with one attached hydrogen (secondary N) is 1. The normalized spacial score (nSPS) is 12.6. The summed E-state index contributed by atoms with van der Waals surface area (Å²) < 4.78 is 14.5. The molecule has 1 unspecified atom stereocenters. The Morgan fingerprint density at radius 3 is 2.69 bits per heavy atom. The molecular formula is C25H29ClN6O4. The van der Waals surface area contributed by atoms with Crippen LogP contribution in [-0.4, -0.2) is 48.5 Å². The Balaban J connectivity index is 1.70. The van der Waals surface area contributed by atoms with Crippen LogP contribution in [0, 0.1) is 0 Å². The highest BCUT2D eigenvalue weighted by Gasteiger charge is 2.27. The van der Waals surface area contributed by atoms with Gasteiger partial charge in [0.15, 0.2) is 11.4 Å². The Labute approximate surface area is 213 Å². The van der Waals surface area contributed by atoms with Gasteiger partial charge in [-0.1, -0.05) is 11.6 Å². The number of hydrogen-bond acceptors (Lipinski definition) is 7. The van der Waals surface area contributed by atoms with Crippen LogP contribution in [0.15, 0.2) is 30.7 Å². The lowest BCUT2D eigenvalue weighted by Gasteiger charge is -2.20. The topological polar surface area (TPSA) is 113 Å². The molecule has 0 saturated carbocycles. The van der Waals surface area contributed by atoms with E-state index in [0.717, 1.165) is 5.39 Å². The van der Waals surface area contributed by atoms with Crippen molar-refractivity contribution in [2.24, 2.45) is 7.05 Å². The lowest BCUT2D eigenvalue weighted by molar-refractivity contribution is -0.154. The standard InChI is InChI=1S/C25H29ClN6O4/c1-7-35-22-15(11-17(26)16-13-31(6)30-21(16)22)14(2)28-24(34)20-18(12-19(33)36-25(3,4)5)29-32-10-8-9-27-23(20)32/h8-11,13-14H,7,12H2,1-6H3,(H,28,34). The highest BCUT2D eigenvalue weighted by atomic mass is 35.5. The number of aromatic nitrogens is 5. The van der Waals surface area contributed by atoms with Crippen molar-refractivity contribution in [1.29, 1.82) is 0 Å². The third-order valence-electron chi connectivity index (χ3n) is 5.38. The Kier molecular flexibility index (Phi) is 6.90. The van der Waals surface area contributed by atoms with Crippen LogP contribution in [0.1, 0.15) is 62.3 Å². The number of benzene rings is 1. The summed E-state index contributed by atoms with van der Waals surface area (Å²) in [5.41, 5.74) is 1.45. The van der Waals surface area contributed by atoms with Crippen LogP contribution < -0.4 is 10.1 Å². The minimum absolute atomic E-state index is 0.173. The molecule has 4 rings (SSSR count). The Morgan fingerprint density at radius 1 is 1.25 bits per heavy atom. The molecule has 1 atom stereocenters. The smallest absolute Gasteiger partial charge is 0.312 e. The van der Waals surface area contributed by atoms with Gasteiger partial charge in [0.2, 0.25) is 0 Å². The first-order valence-electron chi connectivity index (χ1n) is 11.6. The van der Waals surface area contributed by atoms with Gasteiger partial charge in [-0.05, 0) is 46.8 Å². The van der Waals surface area contributed by atoms with Crippen molar-refractivity contribution in [3.63, 3.8) is 0 Å². The number of amides is 1. The molecule has 10 nitrogen and oxygen atoms in total. The highest BCUT2D eigenvalue weighted by Crippen LogP contribution is 2.37. The van der Waals surface area contributed by atoms with Crippen LogP contribution in [0.3, 0.4) is 0 Å². The average Bonchev–Trinajstić information content (AvgIpc) is 3.34. The van der Waals surface area contributed by atoms with E-state index < -0.39 is 23.5 Å². The third-order valence-corrected chi connectivity index (χ3v) is 5.69. The van der Waals surface area contributed by atoms with E-state index in [9.17, 15) is 9.59 Å². The van der Waals surface area contributed by atoms with E-state index in [1.165, 1.54) is 4.52 Å². The second kappa shape index (κ2) is 9.77. The summed E-state index contributed by atoms with van der Waals surface area (Å²) in [6.07, 6.45) is 4.88. The fourth-order valence-electron chi connectivity index (χ4n) is 4.01. The van der Waals surface area contributed by atoms with Crippen molar-refractivity contribution in [3.05, 3.63) is 52.6 Å². The van der Waals surface area contributed by atoms with Crippen LogP contribution in [0.4, 0.5) is 0 Å². The maximum absolute atomic E-state index is 13.6. The first-order valence-corrected chi connectivity index (χ1v) is 12.0. The zero-order valence-corrected chi connectivity index (χ0v) is 21.9. The fraction of sp³-hybridized carbons (Fsp3) is 0.400. The summed E-state index contributed by atoms with van der Waals surface area (Å²) in [4.78, 5) is 30.4. The van der Waals surface area contributed by atoms with Crippen molar-refractivity contribution < 1.29 is 19.1 Å². The average molecular weight is 513 g/mol. The summed E-state index contributed by atoms with van der Waals surface area (Å²) in [6.45, 7) is 9.47. The molecule has 0 saturated heterocycles. The highest BCUT2D eigenvalue weighted by molar-refractivity contribution is 6.35. The molecule has 0 radical (unpaired) electrons. The Morgan fingerprint density at radius 2 is 2.00 bits per heavy atom. The second-order valence-corrected chi connectivity index (χ2v) is 9.85. The summed E-state index contributed by atoms with van der Waals surface area (Å²) in [5.74, 6) is -0.370. The van der Waals surface area contributed by atoms with Crippen molar-refractivity contribution in [1.82, 2.24) is 29.7 Å². The molecule has 0 bridgehead atoms.